The van der Waals surface area contributed by atoms with E-state index in [0.29, 0.717) is 21.6 Å². The molecule has 1 heterocycles. The van der Waals surface area contributed by atoms with Crippen LogP contribution in [0.25, 0.3) is 17.1 Å². The molecule has 150 valence electrons. The van der Waals surface area contributed by atoms with E-state index in [1.807, 2.05) is 56.3 Å². The summed E-state index contributed by atoms with van der Waals surface area (Å²) in [4.78, 5) is 17.4. The molecule has 7 heteroatoms. The molecule has 3 aromatic carbocycles. The van der Waals surface area contributed by atoms with Gasteiger partial charge < -0.3 is 5.32 Å². The van der Waals surface area contributed by atoms with Crippen molar-refractivity contribution in [2.75, 3.05) is 5.32 Å². The zero-order valence-corrected chi connectivity index (χ0v) is 17.9. The van der Waals surface area contributed by atoms with E-state index in [9.17, 15) is 4.79 Å². The molecule has 0 aliphatic carbocycles. The van der Waals surface area contributed by atoms with Gasteiger partial charge in [-0.05, 0) is 55.8 Å². The Balaban J connectivity index is 1.77. The summed E-state index contributed by atoms with van der Waals surface area (Å²) < 4.78 is 1.64. The minimum absolute atomic E-state index is 0.0462. The lowest BCUT2D eigenvalue weighted by Crippen LogP contribution is -2.15. The van der Waals surface area contributed by atoms with Crippen molar-refractivity contribution in [1.29, 1.82) is 0 Å². The summed E-state index contributed by atoms with van der Waals surface area (Å²) in [6.07, 6.45) is 0. The SMILES string of the molecule is Cc1ccc(-n2nc(C(=O)Nc3cc(Cl)ccc3C)nc2-c2cccc(Cl)c2)cc1. The molecule has 5 nitrogen and oxygen atoms in total. The van der Waals surface area contributed by atoms with Crippen molar-refractivity contribution in [3.8, 4) is 17.1 Å². The predicted octanol–water partition coefficient (Wildman–Crippen LogP) is 6.11. The summed E-state index contributed by atoms with van der Waals surface area (Å²) in [5.41, 5.74) is 4.18. The molecule has 1 aromatic heterocycles. The number of carbonyl (C=O) groups excluding carboxylic acids is 1. The Morgan fingerprint density at radius 2 is 1.67 bits per heavy atom. The molecule has 4 rings (SSSR count). The number of anilines is 1. The van der Waals surface area contributed by atoms with Crippen molar-refractivity contribution < 1.29 is 4.79 Å². The molecule has 0 spiro atoms. The van der Waals surface area contributed by atoms with Crippen molar-refractivity contribution in [2.24, 2.45) is 0 Å². The summed E-state index contributed by atoms with van der Waals surface area (Å²) in [6, 6.07) is 20.4. The predicted molar refractivity (Wildman–Crippen MR) is 121 cm³/mol. The van der Waals surface area contributed by atoms with E-state index < -0.39 is 5.91 Å². The number of benzene rings is 3. The topological polar surface area (TPSA) is 59.8 Å². The zero-order chi connectivity index (χ0) is 21.3. The molecule has 0 radical (unpaired) electrons. The number of nitrogens with zero attached hydrogens (tertiary/aromatic N) is 3. The van der Waals surface area contributed by atoms with Gasteiger partial charge in [0.05, 0.1) is 5.69 Å². The van der Waals surface area contributed by atoms with E-state index in [0.717, 1.165) is 22.4 Å². The first-order valence-corrected chi connectivity index (χ1v) is 10.0. The molecule has 1 amide bonds. The van der Waals surface area contributed by atoms with Gasteiger partial charge in [-0.1, -0.05) is 59.1 Å². The van der Waals surface area contributed by atoms with Crippen LogP contribution in [0.1, 0.15) is 21.7 Å². The van der Waals surface area contributed by atoms with E-state index in [4.69, 9.17) is 23.2 Å². The second-order valence-corrected chi connectivity index (χ2v) is 7.80. The molecule has 0 aliphatic heterocycles. The molecular weight excluding hydrogens is 419 g/mol. The van der Waals surface area contributed by atoms with Crippen LogP contribution in [0, 0.1) is 13.8 Å². The highest BCUT2D eigenvalue weighted by molar-refractivity contribution is 6.31. The first-order chi connectivity index (χ1) is 14.4. The van der Waals surface area contributed by atoms with Crippen LogP contribution in [0.2, 0.25) is 10.0 Å². The Morgan fingerprint density at radius 1 is 0.933 bits per heavy atom. The number of rotatable bonds is 4. The molecule has 0 atom stereocenters. The number of hydrogen-bond acceptors (Lipinski definition) is 3. The normalized spacial score (nSPS) is 10.8. The summed E-state index contributed by atoms with van der Waals surface area (Å²) in [7, 11) is 0. The van der Waals surface area contributed by atoms with E-state index in [-0.39, 0.29) is 5.82 Å². The monoisotopic (exact) mass is 436 g/mol. The first-order valence-electron chi connectivity index (χ1n) is 9.28. The van der Waals surface area contributed by atoms with Crippen molar-refractivity contribution in [3.05, 3.63) is 93.7 Å². The molecule has 0 fully saturated rings. The number of nitrogens with one attached hydrogen (secondary N) is 1. The Bertz CT molecular complexity index is 1230. The van der Waals surface area contributed by atoms with Gasteiger partial charge in [-0.3, -0.25) is 4.79 Å². The van der Waals surface area contributed by atoms with Gasteiger partial charge in [-0.25, -0.2) is 9.67 Å². The van der Waals surface area contributed by atoms with E-state index >= 15 is 0 Å². The summed E-state index contributed by atoms with van der Waals surface area (Å²) >= 11 is 12.2. The molecule has 0 aliphatic rings. The van der Waals surface area contributed by atoms with Gasteiger partial charge in [-0.2, -0.15) is 0 Å². The van der Waals surface area contributed by atoms with Gasteiger partial charge in [0.15, 0.2) is 5.82 Å². The fourth-order valence-electron chi connectivity index (χ4n) is 3.00. The highest BCUT2D eigenvalue weighted by Crippen LogP contribution is 2.25. The summed E-state index contributed by atoms with van der Waals surface area (Å²) in [5, 5.41) is 8.44. The van der Waals surface area contributed by atoms with Crippen LogP contribution >= 0.6 is 23.2 Å². The van der Waals surface area contributed by atoms with E-state index in [1.54, 1.807) is 28.9 Å². The number of carbonyl (C=O) groups is 1. The largest absolute Gasteiger partial charge is 0.319 e. The van der Waals surface area contributed by atoms with Crippen LogP contribution < -0.4 is 5.32 Å². The number of hydrogen-bond donors (Lipinski definition) is 1. The average Bonchev–Trinajstić information content (AvgIpc) is 3.17. The first kappa shape index (κ1) is 20.1. The second kappa shape index (κ2) is 8.30. The van der Waals surface area contributed by atoms with Gasteiger partial charge in [-0.15, -0.1) is 5.10 Å². The fourth-order valence-corrected chi connectivity index (χ4v) is 3.36. The van der Waals surface area contributed by atoms with Crippen molar-refractivity contribution in [1.82, 2.24) is 14.8 Å². The molecule has 0 bridgehead atoms. The third-order valence-electron chi connectivity index (χ3n) is 4.62. The number of aromatic nitrogens is 3. The molecule has 30 heavy (non-hydrogen) atoms. The number of aryl methyl sites for hydroxylation is 2. The van der Waals surface area contributed by atoms with Gasteiger partial charge in [0.2, 0.25) is 5.82 Å². The lowest BCUT2D eigenvalue weighted by molar-refractivity contribution is 0.101. The third kappa shape index (κ3) is 4.22. The van der Waals surface area contributed by atoms with Gasteiger partial charge in [0, 0.05) is 21.3 Å². The lowest BCUT2D eigenvalue weighted by atomic mass is 10.2. The standard InChI is InChI=1S/C23H18Cl2N4O/c1-14-6-10-19(11-7-14)29-22(16-4-3-5-17(24)12-16)27-21(28-29)23(30)26-20-13-18(25)9-8-15(20)2/h3-13H,1-2H3,(H,26,30). The lowest BCUT2D eigenvalue weighted by Gasteiger charge is -2.07. The van der Waals surface area contributed by atoms with Crippen LogP contribution in [0.4, 0.5) is 5.69 Å². The molecule has 0 saturated heterocycles. The fraction of sp³-hybridized carbons (Fsp3) is 0.0870. The Labute approximate surface area is 184 Å². The quantitative estimate of drug-likeness (QED) is 0.419. The van der Waals surface area contributed by atoms with Crippen molar-refractivity contribution in [2.45, 2.75) is 13.8 Å². The Morgan fingerprint density at radius 3 is 2.40 bits per heavy atom. The second-order valence-electron chi connectivity index (χ2n) is 6.93. The number of amides is 1. The zero-order valence-electron chi connectivity index (χ0n) is 16.4. The molecular formula is C23H18Cl2N4O. The van der Waals surface area contributed by atoms with Crippen LogP contribution in [0.15, 0.2) is 66.7 Å². The maximum atomic E-state index is 12.9. The molecule has 0 saturated carbocycles. The maximum absolute atomic E-state index is 12.9. The van der Waals surface area contributed by atoms with Crippen LogP contribution in [-0.4, -0.2) is 20.7 Å². The Kier molecular flexibility index (Phi) is 5.57. The van der Waals surface area contributed by atoms with Gasteiger partial charge >= 0.3 is 0 Å². The molecule has 0 unspecified atom stereocenters. The highest BCUT2D eigenvalue weighted by Gasteiger charge is 2.19. The third-order valence-corrected chi connectivity index (χ3v) is 5.09. The van der Waals surface area contributed by atoms with Gasteiger partial charge in [0.25, 0.3) is 5.91 Å². The van der Waals surface area contributed by atoms with E-state index in [1.165, 1.54) is 0 Å². The van der Waals surface area contributed by atoms with E-state index in [2.05, 4.69) is 15.4 Å². The maximum Gasteiger partial charge on any atom is 0.295 e. The van der Waals surface area contributed by atoms with Gasteiger partial charge in [0.1, 0.15) is 0 Å². The minimum atomic E-state index is -0.422. The smallest absolute Gasteiger partial charge is 0.295 e. The van der Waals surface area contributed by atoms with Crippen LogP contribution in [-0.2, 0) is 0 Å². The summed E-state index contributed by atoms with van der Waals surface area (Å²) in [6.45, 7) is 3.90. The number of halogens is 2. The van der Waals surface area contributed by atoms with Crippen molar-refractivity contribution >= 4 is 34.8 Å². The summed E-state index contributed by atoms with van der Waals surface area (Å²) in [5.74, 6) is 0.147. The van der Waals surface area contributed by atoms with Crippen LogP contribution in [0.3, 0.4) is 0 Å². The molecule has 4 aromatic rings. The Hall–Kier alpha value is -3.15. The minimum Gasteiger partial charge on any atom is -0.319 e. The molecule has 1 N–H and O–H groups in total. The van der Waals surface area contributed by atoms with Crippen LogP contribution in [0.5, 0.6) is 0 Å². The highest BCUT2D eigenvalue weighted by atomic mass is 35.5. The average molecular weight is 437 g/mol. The van der Waals surface area contributed by atoms with Crippen molar-refractivity contribution in [3.63, 3.8) is 0 Å².